The smallest absolute Gasteiger partial charge is 0.353 e. The van der Waals surface area contributed by atoms with Gasteiger partial charge in [-0.15, -0.1) is 11.8 Å². The second-order valence-corrected chi connectivity index (χ2v) is 8.36. The van der Waals surface area contributed by atoms with Crippen molar-refractivity contribution < 1.29 is 19.8 Å². The third-order valence-electron chi connectivity index (χ3n) is 5.53. The monoisotopic (exact) mass is 367 g/mol. The first-order chi connectivity index (χ1) is 11.8. The number of aliphatic imine (C=N–C) groups is 1. The quantitative estimate of drug-likeness (QED) is 0.437. The highest BCUT2D eigenvalue weighted by atomic mass is 32.2. The number of β-lactam (4-membered cyclic amide) rings is 1. The molecule has 0 spiro atoms. The Morgan fingerprint density at radius 1 is 1.44 bits per heavy atom. The maximum absolute atomic E-state index is 12.3. The summed E-state index contributed by atoms with van der Waals surface area (Å²) in [5.74, 6) is -0.916. The molecule has 0 bridgehead atoms. The lowest BCUT2D eigenvalue weighted by molar-refractivity contribution is -0.163. The van der Waals surface area contributed by atoms with E-state index in [9.17, 15) is 19.8 Å². The number of amidine groups is 1. The molecule has 5 atom stereocenters. The highest BCUT2D eigenvalue weighted by Gasteiger charge is 2.60. The van der Waals surface area contributed by atoms with Crippen LogP contribution in [0.25, 0.3) is 0 Å². The molecule has 3 aliphatic heterocycles. The van der Waals surface area contributed by atoms with Gasteiger partial charge in [0.15, 0.2) is 0 Å². The minimum atomic E-state index is -1.06. The Labute approximate surface area is 151 Å². The molecule has 2 saturated heterocycles. The number of aliphatic hydroxyl groups is 1. The Morgan fingerprint density at radius 3 is 2.68 bits per heavy atom. The third-order valence-corrected chi connectivity index (χ3v) is 7.07. The molecule has 25 heavy (non-hydrogen) atoms. The van der Waals surface area contributed by atoms with E-state index in [1.807, 2.05) is 13.8 Å². The van der Waals surface area contributed by atoms with Gasteiger partial charge in [0.05, 0.1) is 23.9 Å². The van der Waals surface area contributed by atoms with Gasteiger partial charge in [-0.25, -0.2) is 4.79 Å². The van der Waals surface area contributed by atoms with Crippen molar-refractivity contribution in [3.05, 3.63) is 10.6 Å². The van der Waals surface area contributed by atoms with Crippen LogP contribution in [0.2, 0.25) is 0 Å². The summed E-state index contributed by atoms with van der Waals surface area (Å²) in [5.41, 5.74) is 0.115. The lowest BCUT2D eigenvalue weighted by Crippen LogP contribution is -2.63. The highest BCUT2D eigenvalue weighted by molar-refractivity contribution is 8.03. The second-order valence-electron chi connectivity index (χ2n) is 7.02. The van der Waals surface area contributed by atoms with Crippen molar-refractivity contribution in [1.29, 1.82) is 0 Å². The van der Waals surface area contributed by atoms with Crippen molar-refractivity contribution in [2.45, 2.75) is 44.6 Å². The van der Waals surface area contributed by atoms with Crippen LogP contribution in [0.1, 0.15) is 27.2 Å². The number of nitrogens with zero attached hydrogens (tertiary/aromatic N) is 3. The molecule has 0 saturated carbocycles. The van der Waals surface area contributed by atoms with E-state index >= 15 is 0 Å². The summed E-state index contributed by atoms with van der Waals surface area (Å²) in [5, 5.41) is 19.8. The number of rotatable bonds is 4. The molecule has 0 aromatic rings. The maximum atomic E-state index is 12.3. The number of carbonyl (C=O) groups is 2. The molecule has 0 radical (unpaired) electrons. The summed E-state index contributed by atoms with van der Waals surface area (Å²) in [4.78, 5) is 32.7. The Bertz CT molecular complexity index is 660. The van der Waals surface area contributed by atoms with Crippen LogP contribution in [0.3, 0.4) is 0 Å². The number of carboxylic acids is 1. The Balaban J connectivity index is 1.81. The van der Waals surface area contributed by atoms with Crippen LogP contribution in [-0.4, -0.2) is 75.3 Å². The number of amides is 1. The van der Waals surface area contributed by atoms with Crippen LogP contribution in [0.4, 0.5) is 0 Å². The largest absolute Gasteiger partial charge is 0.477 e. The minimum absolute atomic E-state index is 0.0663. The maximum Gasteiger partial charge on any atom is 0.353 e. The van der Waals surface area contributed by atoms with E-state index in [2.05, 4.69) is 9.89 Å². The molecule has 0 aromatic heterocycles. The zero-order chi connectivity index (χ0) is 18.5. The number of aliphatic hydroxyl groups excluding tert-OH is 1. The van der Waals surface area contributed by atoms with Gasteiger partial charge in [0, 0.05) is 36.2 Å². The predicted molar refractivity (Wildman–Crippen MR) is 96.2 cm³/mol. The van der Waals surface area contributed by atoms with Crippen molar-refractivity contribution in [2.75, 3.05) is 20.1 Å². The molecule has 3 rings (SSSR count). The summed E-state index contributed by atoms with van der Waals surface area (Å²) in [6.07, 6.45) is 0.194. The fourth-order valence-corrected chi connectivity index (χ4v) is 5.61. The topological polar surface area (TPSA) is 93.4 Å². The molecule has 2 N–H and O–H groups in total. The van der Waals surface area contributed by atoms with Crippen LogP contribution < -0.4 is 0 Å². The Hall–Kier alpha value is -1.54. The Kier molecular flexibility index (Phi) is 4.85. The Morgan fingerprint density at radius 2 is 2.12 bits per heavy atom. The summed E-state index contributed by atoms with van der Waals surface area (Å²) in [6, 6.07) is -0.238. The van der Waals surface area contributed by atoms with Gasteiger partial charge in [-0.2, -0.15) is 0 Å². The van der Waals surface area contributed by atoms with Gasteiger partial charge in [0.1, 0.15) is 5.70 Å². The van der Waals surface area contributed by atoms with Crippen molar-refractivity contribution in [2.24, 2.45) is 16.8 Å². The van der Waals surface area contributed by atoms with E-state index in [4.69, 9.17) is 0 Å². The van der Waals surface area contributed by atoms with Crippen LogP contribution in [-0.2, 0) is 9.59 Å². The van der Waals surface area contributed by atoms with E-state index in [1.165, 1.54) is 4.90 Å². The van der Waals surface area contributed by atoms with E-state index in [0.29, 0.717) is 0 Å². The van der Waals surface area contributed by atoms with Crippen molar-refractivity contribution >= 4 is 29.5 Å². The van der Waals surface area contributed by atoms with E-state index in [-0.39, 0.29) is 28.8 Å². The first-order valence-electron chi connectivity index (χ1n) is 8.61. The fraction of sp³-hybridized carbons (Fsp3) is 0.706. The first kappa shape index (κ1) is 18.3. The zero-order valence-electron chi connectivity index (χ0n) is 15.0. The summed E-state index contributed by atoms with van der Waals surface area (Å²) < 4.78 is 0. The fourth-order valence-electron chi connectivity index (χ4n) is 4.12. The zero-order valence-corrected chi connectivity index (χ0v) is 15.8. The van der Waals surface area contributed by atoms with Gasteiger partial charge in [0.2, 0.25) is 5.91 Å². The van der Waals surface area contributed by atoms with Gasteiger partial charge in [0.25, 0.3) is 0 Å². The van der Waals surface area contributed by atoms with Gasteiger partial charge < -0.3 is 20.0 Å². The normalized spacial score (nSPS) is 33.6. The van der Waals surface area contributed by atoms with Crippen LogP contribution in [0.5, 0.6) is 0 Å². The molecule has 7 nitrogen and oxygen atoms in total. The molecule has 3 aliphatic rings. The minimum Gasteiger partial charge on any atom is -0.477 e. The molecule has 1 amide bonds. The number of aliphatic carboxylic acids is 1. The lowest BCUT2D eigenvalue weighted by atomic mass is 9.79. The van der Waals surface area contributed by atoms with Crippen molar-refractivity contribution in [1.82, 2.24) is 9.80 Å². The number of carbonyl (C=O) groups excluding carboxylic acids is 1. The lowest BCUT2D eigenvalue weighted by Gasteiger charge is -2.46. The van der Waals surface area contributed by atoms with Crippen LogP contribution in [0, 0.1) is 11.8 Å². The highest BCUT2D eigenvalue weighted by Crippen LogP contribution is 2.51. The molecule has 0 aliphatic carbocycles. The average Bonchev–Trinajstić information content (AvgIpc) is 3.10. The summed E-state index contributed by atoms with van der Waals surface area (Å²) >= 11 is 1.58. The molecule has 3 heterocycles. The third kappa shape index (κ3) is 2.85. The SMILES string of the molecule is CN=C(C)N1CCC(SC2=C(C(=O)O)N3C(=O)C(C(C)O)[C@H]3C2C)C1. The van der Waals surface area contributed by atoms with Crippen LogP contribution >= 0.6 is 11.8 Å². The van der Waals surface area contributed by atoms with Crippen molar-refractivity contribution in [3.8, 4) is 0 Å². The van der Waals surface area contributed by atoms with Crippen molar-refractivity contribution in [3.63, 3.8) is 0 Å². The average molecular weight is 367 g/mol. The van der Waals surface area contributed by atoms with E-state index in [0.717, 1.165) is 30.3 Å². The number of thioether (sulfide) groups is 1. The van der Waals surface area contributed by atoms with E-state index < -0.39 is 18.0 Å². The molecular weight excluding hydrogens is 342 g/mol. The second kappa shape index (κ2) is 6.64. The summed E-state index contributed by atoms with van der Waals surface area (Å²) in [7, 11) is 1.77. The van der Waals surface area contributed by atoms with Gasteiger partial charge in [-0.05, 0) is 20.3 Å². The number of likely N-dealkylation sites (tertiary alicyclic amines) is 1. The molecule has 138 valence electrons. The molecule has 8 heteroatoms. The molecule has 4 unspecified atom stereocenters. The molecule has 0 aromatic carbocycles. The first-order valence-corrected chi connectivity index (χ1v) is 9.49. The number of hydrogen-bond donors (Lipinski definition) is 2. The van der Waals surface area contributed by atoms with Gasteiger partial charge >= 0.3 is 5.97 Å². The number of carboxylic acid groups (broad SMARTS) is 1. The van der Waals surface area contributed by atoms with Gasteiger partial charge in [-0.3, -0.25) is 9.79 Å². The standard InChI is InChI=1S/C17H25N3O4S/c1-8-13-12(9(2)21)16(22)20(13)14(17(23)24)15(8)25-11-5-6-19(7-11)10(3)18-4/h8-9,11-13,21H,5-7H2,1-4H3,(H,23,24)/t8?,9?,11?,12?,13-/m1/s1. The number of hydrogen-bond acceptors (Lipinski definition) is 5. The number of fused-ring (bicyclic) bond motifs is 1. The molecular formula is C17H25N3O4S. The predicted octanol–water partition coefficient (Wildman–Crippen LogP) is 0.996. The van der Waals surface area contributed by atoms with Crippen LogP contribution in [0.15, 0.2) is 15.6 Å². The van der Waals surface area contributed by atoms with E-state index in [1.54, 1.807) is 25.7 Å². The van der Waals surface area contributed by atoms with Gasteiger partial charge in [-0.1, -0.05) is 6.92 Å². The summed E-state index contributed by atoms with van der Waals surface area (Å²) in [6.45, 7) is 7.27. The molecule has 2 fully saturated rings.